The lowest BCUT2D eigenvalue weighted by atomic mass is 10.0. The molecular weight excluding hydrogens is 370 g/mol. The van der Waals surface area contributed by atoms with Crippen molar-refractivity contribution in [2.45, 2.75) is 31.8 Å². The number of methoxy groups -OCH3 is 1. The Hall–Kier alpha value is -2.71. The minimum atomic E-state index is -4.01. The average Bonchev–Trinajstić information content (AvgIpc) is 2.61. The molecule has 27 heavy (non-hydrogen) atoms. The Morgan fingerprint density at radius 1 is 1.04 bits per heavy atom. The SMILES string of the molecule is COc1ccc(S(N)(=O)=O)cc1C(=O)O[C@@H](C)C(=O)c1ccc(C)c(C)c1. The van der Waals surface area contributed by atoms with Crippen LogP contribution >= 0.6 is 0 Å². The molecule has 0 heterocycles. The van der Waals surface area contributed by atoms with E-state index in [4.69, 9.17) is 14.6 Å². The molecule has 8 heteroatoms. The Morgan fingerprint density at radius 3 is 2.26 bits per heavy atom. The van der Waals surface area contributed by atoms with Crippen LogP contribution in [0.5, 0.6) is 5.75 Å². The van der Waals surface area contributed by atoms with E-state index in [1.807, 2.05) is 19.9 Å². The van der Waals surface area contributed by atoms with Gasteiger partial charge in [0.2, 0.25) is 15.8 Å². The van der Waals surface area contributed by atoms with Gasteiger partial charge in [0, 0.05) is 5.56 Å². The van der Waals surface area contributed by atoms with Gasteiger partial charge in [0.05, 0.1) is 12.0 Å². The fourth-order valence-corrected chi connectivity index (χ4v) is 2.97. The van der Waals surface area contributed by atoms with Gasteiger partial charge < -0.3 is 9.47 Å². The van der Waals surface area contributed by atoms with Crippen molar-refractivity contribution in [2.75, 3.05) is 7.11 Å². The van der Waals surface area contributed by atoms with E-state index in [2.05, 4.69) is 0 Å². The number of ether oxygens (including phenoxy) is 2. The number of aryl methyl sites for hydroxylation is 2. The van der Waals surface area contributed by atoms with Crippen molar-refractivity contribution in [3.63, 3.8) is 0 Å². The van der Waals surface area contributed by atoms with Crippen molar-refractivity contribution in [3.05, 3.63) is 58.7 Å². The first-order valence-corrected chi connectivity index (χ1v) is 9.62. The Kier molecular flexibility index (Phi) is 6.02. The molecular formula is C19H21NO6S. The third-order valence-corrected chi connectivity index (χ3v) is 5.07. The molecule has 0 aromatic heterocycles. The van der Waals surface area contributed by atoms with Gasteiger partial charge in [-0.25, -0.2) is 18.4 Å². The molecule has 0 fully saturated rings. The van der Waals surface area contributed by atoms with Crippen molar-refractivity contribution in [2.24, 2.45) is 5.14 Å². The number of Topliss-reactive ketones (excluding diaryl/α,β-unsaturated/α-hetero) is 1. The van der Waals surface area contributed by atoms with Gasteiger partial charge >= 0.3 is 5.97 Å². The number of sulfonamides is 1. The van der Waals surface area contributed by atoms with E-state index in [1.165, 1.54) is 26.2 Å². The van der Waals surface area contributed by atoms with Crippen LogP contribution < -0.4 is 9.88 Å². The summed E-state index contributed by atoms with van der Waals surface area (Å²) >= 11 is 0. The van der Waals surface area contributed by atoms with E-state index in [0.29, 0.717) is 5.56 Å². The Morgan fingerprint density at radius 2 is 1.70 bits per heavy atom. The molecule has 0 spiro atoms. The van der Waals surface area contributed by atoms with E-state index in [9.17, 15) is 18.0 Å². The fraction of sp³-hybridized carbons (Fsp3) is 0.263. The highest BCUT2D eigenvalue weighted by atomic mass is 32.2. The van der Waals surface area contributed by atoms with Crippen molar-refractivity contribution in [3.8, 4) is 5.75 Å². The molecule has 144 valence electrons. The first-order valence-electron chi connectivity index (χ1n) is 8.08. The summed E-state index contributed by atoms with van der Waals surface area (Å²) in [6, 6.07) is 8.78. The maximum Gasteiger partial charge on any atom is 0.342 e. The molecule has 0 aliphatic heterocycles. The van der Waals surface area contributed by atoms with Crippen LogP contribution in [-0.2, 0) is 14.8 Å². The highest BCUT2D eigenvalue weighted by Crippen LogP contribution is 2.24. The largest absolute Gasteiger partial charge is 0.496 e. The van der Waals surface area contributed by atoms with E-state index < -0.39 is 22.1 Å². The standard InChI is InChI=1S/C19H21NO6S/c1-11-5-6-14(9-12(11)2)18(21)13(3)26-19(22)16-10-15(27(20,23)24)7-8-17(16)25-4/h5-10,13H,1-4H3,(H2,20,23,24)/t13-/m0/s1. The molecule has 0 radical (unpaired) electrons. The summed E-state index contributed by atoms with van der Waals surface area (Å²) in [5.74, 6) is -1.15. The summed E-state index contributed by atoms with van der Waals surface area (Å²) in [4.78, 5) is 24.8. The van der Waals surface area contributed by atoms with Crippen LogP contribution in [0, 0.1) is 13.8 Å². The number of hydrogen-bond acceptors (Lipinski definition) is 6. The van der Waals surface area contributed by atoms with E-state index in [1.54, 1.807) is 12.1 Å². The van der Waals surface area contributed by atoms with Gasteiger partial charge in [-0.2, -0.15) is 0 Å². The van der Waals surface area contributed by atoms with E-state index in [0.717, 1.165) is 17.2 Å². The smallest absolute Gasteiger partial charge is 0.342 e. The van der Waals surface area contributed by atoms with Crippen LogP contribution in [0.1, 0.15) is 38.8 Å². The number of carbonyl (C=O) groups excluding carboxylic acids is 2. The topological polar surface area (TPSA) is 113 Å². The fourth-order valence-electron chi connectivity index (χ4n) is 2.43. The predicted octanol–water partition coefficient (Wildman–Crippen LogP) is 2.39. The van der Waals surface area contributed by atoms with Crippen LogP contribution in [0.3, 0.4) is 0 Å². The zero-order chi connectivity index (χ0) is 20.4. The molecule has 2 aromatic carbocycles. The summed E-state index contributed by atoms with van der Waals surface area (Å²) in [7, 11) is -2.68. The number of carbonyl (C=O) groups is 2. The summed E-state index contributed by atoms with van der Waals surface area (Å²) < 4.78 is 33.3. The normalized spacial score (nSPS) is 12.3. The summed E-state index contributed by atoms with van der Waals surface area (Å²) in [6.07, 6.45) is -1.07. The summed E-state index contributed by atoms with van der Waals surface area (Å²) in [6.45, 7) is 5.26. The maximum absolute atomic E-state index is 12.5. The molecule has 0 unspecified atom stereocenters. The quantitative estimate of drug-likeness (QED) is 0.597. The van der Waals surface area contributed by atoms with E-state index in [-0.39, 0.29) is 22.0 Å². The average molecular weight is 391 g/mol. The van der Waals surface area contributed by atoms with Crippen molar-refractivity contribution >= 4 is 21.8 Å². The van der Waals surface area contributed by atoms with Gasteiger partial charge in [0.1, 0.15) is 11.3 Å². The number of esters is 1. The van der Waals surface area contributed by atoms with Crippen molar-refractivity contribution in [1.29, 1.82) is 0 Å². The lowest BCUT2D eigenvalue weighted by Crippen LogP contribution is -2.25. The molecule has 0 amide bonds. The zero-order valence-corrected chi connectivity index (χ0v) is 16.3. The number of primary sulfonamides is 1. The molecule has 1 atom stereocenters. The number of hydrogen-bond donors (Lipinski definition) is 1. The minimum absolute atomic E-state index is 0.109. The first kappa shape index (κ1) is 20.6. The van der Waals surface area contributed by atoms with Gasteiger partial charge in [-0.3, -0.25) is 4.79 Å². The van der Waals surface area contributed by atoms with Crippen LogP contribution in [0.15, 0.2) is 41.3 Å². The Bertz CT molecular complexity index is 997. The number of benzene rings is 2. The molecule has 0 saturated carbocycles. The van der Waals surface area contributed by atoms with Gasteiger partial charge in [0.15, 0.2) is 6.10 Å². The molecule has 2 aromatic rings. The molecule has 0 bridgehead atoms. The van der Waals surface area contributed by atoms with Crippen LogP contribution in [-0.4, -0.2) is 33.4 Å². The molecule has 0 saturated heterocycles. The monoisotopic (exact) mass is 391 g/mol. The van der Waals surface area contributed by atoms with Gasteiger partial charge in [-0.1, -0.05) is 12.1 Å². The van der Waals surface area contributed by atoms with Gasteiger partial charge in [-0.15, -0.1) is 0 Å². The van der Waals surface area contributed by atoms with Gasteiger partial charge in [-0.05, 0) is 56.2 Å². The van der Waals surface area contributed by atoms with E-state index >= 15 is 0 Å². The number of rotatable bonds is 6. The zero-order valence-electron chi connectivity index (χ0n) is 15.5. The third kappa shape index (κ3) is 4.72. The Balaban J connectivity index is 2.27. The second kappa shape index (κ2) is 7.89. The predicted molar refractivity (Wildman–Crippen MR) is 99.5 cm³/mol. The highest BCUT2D eigenvalue weighted by molar-refractivity contribution is 7.89. The molecule has 0 aliphatic rings. The molecule has 2 N–H and O–H groups in total. The third-order valence-electron chi connectivity index (χ3n) is 4.16. The first-order chi connectivity index (χ1) is 12.5. The lowest BCUT2D eigenvalue weighted by molar-refractivity contribution is 0.0315. The summed E-state index contributed by atoms with van der Waals surface area (Å²) in [5, 5.41) is 5.09. The number of nitrogens with two attached hydrogens (primary N) is 1. The molecule has 2 rings (SSSR count). The second-order valence-corrected chi connectivity index (χ2v) is 7.68. The summed E-state index contributed by atoms with van der Waals surface area (Å²) in [5.41, 5.74) is 2.27. The molecule has 0 aliphatic carbocycles. The highest BCUT2D eigenvalue weighted by Gasteiger charge is 2.24. The van der Waals surface area contributed by atoms with Crippen LogP contribution in [0.4, 0.5) is 0 Å². The van der Waals surface area contributed by atoms with Crippen LogP contribution in [0.25, 0.3) is 0 Å². The Labute approximate surface area is 158 Å². The minimum Gasteiger partial charge on any atom is -0.496 e. The molecule has 7 nitrogen and oxygen atoms in total. The van der Waals surface area contributed by atoms with Crippen molar-refractivity contribution < 1.29 is 27.5 Å². The second-order valence-electron chi connectivity index (χ2n) is 6.12. The maximum atomic E-state index is 12.5. The van der Waals surface area contributed by atoms with Crippen molar-refractivity contribution in [1.82, 2.24) is 0 Å². The van der Waals surface area contributed by atoms with Crippen LogP contribution in [0.2, 0.25) is 0 Å². The number of ketones is 1. The lowest BCUT2D eigenvalue weighted by Gasteiger charge is -2.15. The van der Waals surface area contributed by atoms with Gasteiger partial charge in [0.25, 0.3) is 0 Å².